The van der Waals surface area contributed by atoms with Gasteiger partial charge in [-0.2, -0.15) is 0 Å². The molecule has 0 N–H and O–H groups in total. The van der Waals surface area contributed by atoms with Gasteiger partial charge in [0.15, 0.2) is 0 Å². The molecule has 0 spiro atoms. The second-order valence-electron chi connectivity index (χ2n) is 6.87. The number of anilines is 1. The summed E-state index contributed by atoms with van der Waals surface area (Å²) < 4.78 is 13.2. The summed E-state index contributed by atoms with van der Waals surface area (Å²) in [5.74, 6) is -0.232. The fourth-order valence-corrected chi connectivity index (χ4v) is 3.85. The van der Waals surface area contributed by atoms with Gasteiger partial charge in [-0.1, -0.05) is 41.9 Å². The molecule has 3 aromatic rings. The number of amides is 1. The van der Waals surface area contributed by atoms with Crippen molar-refractivity contribution in [3.8, 4) is 11.1 Å². The van der Waals surface area contributed by atoms with E-state index in [1.54, 1.807) is 24.0 Å². The highest BCUT2D eigenvalue weighted by atomic mass is 35.5. The van der Waals surface area contributed by atoms with Gasteiger partial charge in [-0.25, -0.2) is 4.39 Å². The van der Waals surface area contributed by atoms with Crippen LogP contribution in [0.3, 0.4) is 0 Å². The van der Waals surface area contributed by atoms with Gasteiger partial charge in [0.05, 0.1) is 6.54 Å². The lowest BCUT2D eigenvalue weighted by Gasteiger charge is -2.28. The van der Waals surface area contributed by atoms with E-state index in [-0.39, 0.29) is 11.7 Å². The number of benzene rings is 3. The predicted molar refractivity (Wildman–Crippen MR) is 108 cm³/mol. The zero-order valence-corrected chi connectivity index (χ0v) is 15.8. The second-order valence-corrected chi connectivity index (χ2v) is 7.31. The molecule has 0 bridgehead atoms. The molecule has 3 aromatic carbocycles. The van der Waals surface area contributed by atoms with E-state index in [0.717, 1.165) is 40.8 Å². The van der Waals surface area contributed by atoms with Gasteiger partial charge < -0.3 is 4.90 Å². The molecule has 136 valence electrons. The first kappa shape index (κ1) is 17.7. The second kappa shape index (κ2) is 7.16. The van der Waals surface area contributed by atoms with Crippen LogP contribution in [0.25, 0.3) is 11.1 Å². The lowest BCUT2D eigenvalue weighted by atomic mass is 9.92. The number of hydrogen-bond acceptors (Lipinski definition) is 1. The summed E-state index contributed by atoms with van der Waals surface area (Å²) in [5, 5.41) is 0.679. The Kier molecular flexibility index (Phi) is 4.71. The van der Waals surface area contributed by atoms with Crippen molar-refractivity contribution in [2.75, 3.05) is 4.90 Å². The number of fused-ring (bicyclic) bond motifs is 2. The van der Waals surface area contributed by atoms with Crippen molar-refractivity contribution < 1.29 is 9.18 Å². The van der Waals surface area contributed by atoms with Crippen LogP contribution in [0.4, 0.5) is 10.1 Å². The zero-order valence-electron chi connectivity index (χ0n) is 15.0. The Morgan fingerprint density at radius 3 is 2.33 bits per heavy atom. The third kappa shape index (κ3) is 3.60. The quantitative estimate of drug-likeness (QED) is 0.523. The fourth-order valence-electron chi connectivity index (χ4n) is 3.66. The minimum atomic E-state index is -0.240. The Bertz CT molecular complexity index is 1010. The molecule has 0 aliphatic carbocycles. The van der Waals surface area contributed by atoms with Crippen molar-refractivity contribution in [1.29, 1.82) is 0 Å². The van der Waals surface area contributed by atoms with Gasteiger partial charge >= 0.3 is 0 Å². The summed E-state index contributed by atoms with van der Waals surface area (Å²) in [5.41, 5.74) is 6.38. The van der Waals surface area contributed by atoms with Crippen LogP contribution in [0, 0.1) is 5.82 Å². The third-order valence-corrected chi connectivity index (χ3v) is 5.32. The number of rotatable bonds is 1. The van der Waals surface area contributed by atoms with E-state index in [1.807, 2.05) is 24.3 Å². The SMILES string of the molecule is CC(=O)N1Cc2ccc(-c3ccc(F)cc3)cc2CCc2cc(Cl)ccc21. The molecule has 0 radical (unpaired) electrons. The Labute approximate surface area is 163 Å². The molecule has 4 heteroatoms. The van der Waals surface area contributed by atoms with Gasteiger partial charge in [-0.05, 0) is 71.0 Å². The summed E-state index contributed by atoms with van der Waals surface area (Å²) in [6.45, 7) is 2.12. The lowest BCUT2D eigenvalue weighted by molar-refractivity contribution is -0.116. The average Bonchev–Trinajstić information content (AvgIpc) is 2.64. The van der Waals surface area contributed by atoms with Crippen molar-refractivity contribution >= 4 is 23.2 Å². The Morgan fingerprint density at radius 2 is 1.59 bits per heavy atom. The lowest BCUT2D eigenvalue weighted by Crippen LogP contribution is -2.30. The molecule has 4 rings (SSSR count). The van der Waals surface area contributed by atoms with E-state index < -0.39 is 0 Å². The first-order chi connectivity index (χ1) is 13.0. The van der Waals surface area contributed by atoms with Crippen LogP contribution in [0.5, 0.6) is 0 Å². The average molecular weight is 380 g/mol. The van der Waals surface area contributed by atoms with E-state index in [2.05, 4.69) is 12.1 Å². The smallest absolute Gasteiger partial charge is 0.224 e. The molecule has 0 fully saturated rings. The van der Waals surface area contributed by atoms with Gasteiger partial charge in [0.25, 0.3) is 0 Å². The van der Waals surface area contributed by atoms with Crippen molar-refractivity contribution in [1.82, 2.24) is 0 Å². The number of carbonyl (C=O) groups is 1. The van der Waals surface area contributed by atoms with Gasteiger partial charge in [0.1, 0.15) is 5.82 Å². The largest absolute Gasteiger partial charge is 0.308 e. The molecular weight excluding hydrogens is 361 g/mol. The molecule has 1 amide bonds. The van der Waals surface area contributed by atoms with Crippen LogP contribution in [-0.4, -0.2) is 5.91 Å². The molecule has 1 aliphatic rings. The summed E-state index contributed by atoms with van der Waals surface area (Å²) in [7, 11) is 0. The minimum absolute atomic E-state index is 0.00836. The summed E-state index contributed by atoms with van der Waals surface area (Å²) in [6.07, 6.45) is 1.67. The molecule has 2 nitrogen and oxygen atoms in total. The molecule has 27 heavy (non-hydrogen) atoms. The van der Waals surface area contributed by atoms with Crippen molar-refractivity contribution in [3.63, 3.8) is 0 Å². The van der Waals surface area contributed by atoms with Crippen LogP contribution in [-0.2, 0) is 24.2 Å². The number of halogens is 2. The Balaban J connectivity index is 1.75. The minimum Gasteiger partial charge on any atom is -0.308 e. The van der Waals surface area contributed by atoms with Crippen molar-refractivity contribution in [2.24, 2.45) is 0 Å². The van der Waals surface area contributed by atoms with Gasteiger partial charge in [-0.15, -0.1) is 0 Å². The maximum absolute atomic E-state index is 13.2. The van der Waals surface area contributed by atoms with Gasteiger partial charge in [0.2, 0.25) is 5.91 Å². The molecule has 0 saturated heterocycles. The van der Waals surface area contributed by atoms with Gasteiger partial charge in [0, 0.05) is 17.6 Å². The molecule has 0 aromatic heterocycles. The van der Waals surface area contributed by atoms with E-state index in [1.165, 1.54) is 17.7 Å². The maximum atomic E-state index is 13.2. The van der Waals surface area contributed by atoms with Crippen molar-refractivity contribution in [2.45, 2.75) is 26.3 Å². The number of hydrogen-bond donors (Lipinski definition) is 0. The standard InChI is InChI=1S/C23H19ClFNO/c1-15(27)26-14-20-5-3-17(16-6-9-22(25)10-7-16)12-18(20)2-4-19-13-21(24)8-11-23(19)26/h3,5-13H,2,4,14H2,1H3. The predicted octanol–water partition coefficient (Wildman–Crippen LogP) is 5.80. The van der Waals surface area contributed by atoms with E-state index in [0.29, 0.717) is 11.6 Å². The molecule has 1 heterocycles. The topological polar surface area (TPSA) is 20.3 Å². The number of aryl methyl sites for hydroxylation is 2. The maximum Gasteiger partial charge on any atom is 0.224 e. The van der Waals surface area contributed by atoms with Crippen LogP contribution in [0.15, 0.2) is 60.7 Å². The summed E-state index contributed by atoms with van der Waals surface area (Å²) >= 11 is 6.18. The Morgan fingerprint density at radius 1 is 0.889 bits per heavy atom. The monoisotopic (exact) mass is 379 g/mol. The third-order valence-electron chi connectivity index (χ3n) is 5.09. The van der Waals surface area contributed by atoms with Crippen LogP contribution in [0.1, 0.15) is 23.6 Å². The highest BCUT2D eigenvalue weighted by Gasteiger charge is 2.21. The molecule has 0 unspecified atom stereocenters. The molecule has 0 saturated carbocycles. The normalized spacial score (nSPS) is 13.4. The fraction of sp³-hybridized carbons (Fsp3) is 0.174. The number of nitrogens with zero attached hydrogens (tertiary/aromatic N) is 1. The molecule has 1 aliphatic heterocycles. The van der Waals surface area contributed by atoms with E-state index >= 15 is 0 Å². The molecule has 0 atom stereocenters. The van der Waals surface area contributed by atoms with E-state index in [4.69, 9.17) is 11.6 Å². The Hall–Kier alpha value is -2.65. The van der Waals surface area contributed by atoms with Crippen molar-refractivity contribution in [3.05, 3.63) is 88.2 Å². The van der Waals surface area contributed by atoms with Gasteiger partial charge in [-0.3, -0.25) is 4.79 Å². The summed E-state index contributed by atoms with van der Waals surface area (Å²) in [6, 6.07) is 18.5. The zero-order chi connectivity index (χ0) is 19.0. The molecular formula is C23H19ClFNO. The first-order valence-corrected chi connectivity index (χ1v) is 9.33. The van der Waals surface area contributed by atoms with Crippen LogP contribution in [0.2, 0.25) is 5.02 Å². The first-order valence-electron chi connectivity index (χ1n) is 8.95. The highest BCUT2D eigenvalue weighted by molar-refractivity contribution is 6.30. The van der Waals surface area contributed by atoms with Crippen LogP contribution >= 0.6 is 11.6 Å². The van der Waals surface area contributed by atoms with E-state index in [9.17, 15) is 9.18 Å². The number of carbonyl (C=O) groups excluding carboxylic acids is 1. The summed E-state index contributed by atoms with van der Waals surface area (Å²) in [4.78, 5) is 14.1. The van der Waals surface area contributed by atoms with Crippen LogP contribution < -0.4 is 4.90 Å². The highest BCUT2D eigenvalue weighted by Crippen LogP contribution is 2.32.